The van der Waals surface area contributed by atoms with Crippen LogP contribution in [0.3, 0.4) is 0 Å². The third-order valence-corrected chi connectivity index (χ3v) is 6.72. The number of nitrogens with zero attached hydrogens (tertiary/aromatic N) is 1. The molecule has 3 rings (SSSR count). The van der Waals surface area contributed by atoms with Gasteiger partial charge in [-0.25, -0.2) is 8.42 Å². The molecule has 0 bridgehead atoms. The fourth-order valence-electron chi connectivity index (χ4n) is 3.48. The quantitative estimate of drug-likeness (QED) is 0.725. The normalized spacial score (nSPS) is 17.2. The number of nitrogens with one attached hydrogen (secondary N) is 1. The van der Waals surface area contributed by atoms with E-state index in [0.29, 0.717) is 24.4 Å². The predicted molar refractivity (Wildman–Crippen MR) is 108 cm³/mol. The largest absolute Gasteiger partial charge is 0.496 e. The highest BCUT2D eigenvalue weighted by atomic mass is 32.2. The minimum absolute atomic E-state index is 0.112. The molecule has 1 unspecified atom stereocenters. The maximum atomic E-state index is 13.3. The number of sulfonamides is 1. The standard InChI is InChI=1S/C21H24N2O4S/c1-3-13-22-21(24)16-8-6-9-17(15-16)28(25,26)23-14-7-11-19(23)18-10-4-5-12-20(18)27-2/h3-6,8-10,12,15,19H,1,7,11,13-14H2,2H3,(H,22,24). The number of carbonyl (C=O) groups is 1. The van der Waals surface area contributed by atoms with Crippen molar-refractivity contribution in [2.45, 2.75) is 23.8 Å². The minimum atomic E-state index is -3.76. The van der Waals surface area contributed by atoms with Gasteiger partial charge in [0, 0.05) is 24.2 Å². The molecule has 0 aromatic heterocycles. The smallest absolute Gasteiger partial charge is 0.251 e. The number of hydrogen-bond donors (Lipinski definition) is 1. The van der Waals surface area contributed by atoms with Gasteiger partial charge in [0.15, 0.2) is 0 Å². The zero-order valence-corrected chi connectivity index (χ0v) is 16.6. The Bertz CT molecular complexity index is 972. The third kappa shape index (κ3) is 3.95. The van der Waals surface area contributed by atoms with E-state index in [4.69, 9.17) is 4.74 Å². The second-order valence-electron chi connectivity index (χ2n) is 6.54. The van der Waals surface area contributed by atoms with Crippen molar-refractivity contribution >= 4 is 15.9 Å². The first-order valence-corrected chi connectivity index (χ1v) is 10.6. The van der Waals surface area contributed by atoms with Crippen LogP contribution in [-0.2, 0) is 10.0 Å². The van der Waals surface area contributed by atoms with E-state index in [2.05, 4.69) is 11.9 Å². The second-order valence-corrected chi connectivity index (χ2v) is 8.43. The van der Waals surface area contributed by atoms with Gasteiger partial charge in [0.2, 0.25) is 10.0 Å². The maximum absolute atomic E-state index is 13.3. The van der Waals surface area contributed by atoms with Gasteiger partial charge in [0.05, 0.1) is 18.0 Å². The van der Waals surface area contributed by atoms with E-state index in [1.807, 2.05) is 24.3 Å². The first kappa shape index (κ1) is 20.1. The molecule has 2 aromatic rings. The number of methoxy groups -OCH3 is 1. The molecule has 1 fully saturated rings. The molecule has 7 heteroatoms. The Hall–Kier alpha value is -2.64. The lowest BCUT2D eigenvalue weighted by Crippen LogP contribution is -2.31. The highest BCUT2D eigenvalue weighted by molar-refractivity contribution is 7.89. The summed E-state index contributed by atoms with van der Waals surface area (Å²) >= 11 is 0. The van der Waals surface area contributed by atoms with Gasteiger partial charge in [-0.05, 0) is 37.1 Å². The van der Waals surface area contributed by atoms with E-state index >= 15 is 0 Å². The molecule has 1 amide bonds. The minimum Gasteiger partial charge on any atom is -0.496 e. The number of para-hydroxylation sites is 1. The fourth-order valence-corrected chi connectivity index (χ4v) is 5.20. The average Bonchev–Trinajstić information content (AvgIpc) is 3.22. The molecular weight excluding hydrogens is 376 g/mol. The van der Waals surface area contributed by atoms with Crippen molar-refractivity contribution in [2.75, 3.05) is 20.2 Å². The first-order valence-electron chi connectivity index (χ1n) is 9.13. The number of carbonyl (C=O) groups excluding carboxylic acids is 1. The summed E-state index contributed by atoms with van der Waals surface area (Å²) in [6.45, 7) is 4.30. The molecule has 1 aliphatic heterocycles. The lowest BCUT2D eigenvalue weighted by Gasteiger charge is -2.25. The summed E-state index contributed by atoms with van der Waals surface area (Å²) in [5.74, 6) is 0.340. The van der Waals surface area contributed by atoms with Gasteiger partial charge in [-0.1, -0.05) is 30.3 Å². The average molecular weight is 401 g/mol. The molecule has 148 valence electrons. The topological polar surface area (TPSA) is 75.7 Å². The molecule has 0 aliphatic carbocycles. The molecule has 2 aromatic carbocycles. The summed E-state index contributed by atoms with van der Waals surface area (Å²) in [5.41, 5.74) is 1.15. The second kappa shape index (κ2) is 8.58. The molecule has 0 spiro atoms. The van der Waals surface area contributed by atoms with Crippen LogP contribution in [-0.4, -0.2) is 38.8 Å². The van der Waals surface area contributed by atoms with Gasteiger partial charge in [0.1, 0.15) is 5.75 Å². The Morgan fingerprint density at radius 1 is 1.29 bits per heavy atom. The Morgan fingerprint density at radius 2 is 2.07 bits per heavy atom. The number of amides is 1. The number of rotatable bonds is 7. The Kier molecular flexibility index (Phi) is 6.16. The van der Waals surface area contributed by atoms with Crippen LogP contribution < -0.4 is 10.1 Å². The predicted octanol–water partition coefficient (Wildman–Crippen LogP) is 3.14. The molecule has 1 heterocycles. The number of benzene rings is 2. The van der Waals surface area contributed by atoms with Gasteiger partial charge < -0.3 is 10.1 Å². The molecule has 28 heavy (non-hydrogen) atoms. The van der Waals surface area contributed by atoms with Crippen LogP contribution in [0.2, 0.25) is 0 Å². The molecule has 1 aliphatic rings. The van der Waals surface area contributed by atoms with E-state index in [-0.39, 0.29) is 16.8 Å². The van der Waals surface area contributed by atoms with Crippen LogP contribution in [0.4, 0.5) is 0 Å². The van der Waals surface area contributed by atoms with Crippen molar-refractivity contribution in [2.24, 2.45) is 0 Å². The van der Waals surface area contributed by atoms with Crippen molar-refractivity contribution in [3.63, 3.8) is 0 Å². The van der Waals surface area contributed by atoms with Crippen molar-refractivity contribution in [3.05, 3.63) is 72.3 Å². The summed E-state index contributed by atoms with van der Waals surface area (Å²) in [7, 11) is -2.18. The van der Waals surface area contributed by atoms with E-state index in [1.165, 1.54) is 16.4 Å². The van der Waals surface area contributed by atoms with Gasteiger partial charge in [-0.3, -0.25) is 4.79 Å². The van der Waals surface area contributed by atoms with Crippen LogP contribution in [0.15, 0.2) is 66.1 Å². The molecule has 1 N–H and O–H groups in total. The molecule has 1 saturated heterocycles. The zero-order valence-electron chi connectivity index (χ0n) is 15.8. The van der Waals surface area contributed by atoms with E-state index in [9.17, 15) is 13.2 Å². The molecule has 1 atom stereocenters. The third-order valence-electron chi connectivity index (χ3n) is 4.81. The number of ether oxygens (including phenoxy) is 1. The Balaban J connectivity index is 1.94. The highest BCUT2D eigenvalue weighted by Gasteiger charge is 2.37. The van der Waals surface area contributed by atoms with Crippen molar-refractivity contribution < 1.29 is 17.9 Å². The van der Waals surface area contributed by atoms with Crippen LogP contribution in [0.25, 0.3) is 0 Å². The lowest BCUT2D eigenvalue weighted by atomic mass is 10.0. The fraction of sp³-hybridized carbons (Fsp3) is 0.286. The van der Waals surface area contributed by atoms with Crippen LogP contribution in [0.1, 0.15) is 34.8 Å². The molecule has 6 nitrogen and oxygen atoms in total. The summed E-state index contributed by atoms with van der Waals surface area (Å²) in [6.07, 6.45) is 3.06. The lowest BCUT2D eigenvalue weighted by molar-refractivity contribution is 0.0958. The van der Waals surface area contributed by atoms with E-state index < -0.39 is 10.0 Å². The zero-order chi connectivity index (χ0) is 20.1. The van der Waals surface area contributed by atoms with Crippen molar-refractivity contribution in [1.29, 1.82) is 0 Å². The van der Waals surface area contributed by atoms with Crippen molar-refractivity contribution in [1.82, 2.24) is 9.62 Å². The summed E-state index contributed by atoms with van der Waals surface area (Å²) in [5, 5.41) is 2.66. The molecule has 0 saturated carbocycles. The van der Waals surface area contributed by atoms with Crippen LogP contribution in [0.5, 0.6) is 5.75 Å². The molecule has 0 radical (unpaired) electrons. The maximum Gasteiger partial charge on any atom is 0.251 e. The van der Waals surface area contributed by atoms with Gasteiger partial charge in [-0.15, -0.1) is 6.58 Å². The highest BCUT2D eigenvalue weighted by Crippen LogP contribution is 2.40. The van der Waals surface area contributed by atoms with E-state index in [0.717, 1.165) is 18.4 Å². The van der Waals surface area contributed by atoms with Gasteiger partial charge in [0.25, 0.3) is 5.91 Å². The van der Waals surface area contributed by atoms with E-state index in [1.54, 1.807) is 25.3 Å². The summed E-state index contributed by atoms with van der Waals surface area (Å²) < 4.78 is 33.6. The Labute approximate surface area is 165 Å². The number of hydrogen-bond acceptors (Lipinski definition) is 4. The van der Waals surface area contributed by atoms with Gasteiger partial charge in [-0.2, -0.15) is 4.31 Å². The van der Waals surface area contributed by atoms with Crippen LogP contribution in [0, 0.1) is 0 Å². The monoisotopic (exact) mass is 400 g/mol. The summed E-state index contributed by atoms with van der Waals surface area (Å²) in [4.78, 5) is 12.3. The molecular formula is C21H24N2O4S. The first-order chi connectivity index (χ1) is 13.5. The Morgan fingerprint density at radius 3 is 2.82 bits per heavy atom. The van der Waals surface area contributed by atoms with Crippen molar-refractivity contribution in [3.8, 4) is 5.75 Å². The van der Waals surface area contributed by atoms with Gasteiger partial charge >= 0.3 is 0 Å². The SMILES string of the molecule is C=CCNC(=O)c1cccc(S(=O)(=O)N2CCCC2c2ccccc2OC)c1. The summed E-state index contributed by atoms with van der Waals surface area (Å²) in [6, 6.07) is 13.3. The van der Waals surface area contributed by atoms with Crippen LogP contribution >= 0.6 is 0 Å².